The fourth-order valence-electron chi connectivity index (χ4n) is 2.02. The lowest BCUT2D eigenvalue weighted by atomic mass is 9.97. The van der Waals surface area contributed by atoms with Gasteiger partial charge in [0.05, 0.1) is 10.8 Å². The van der Waals surface area contributed by atoms with Gasteiger partial charge in [-0.2, -0.15) is 0 Å². The van der Waals surface area contributed by atoms with Crippen molar-refractivity contribution in [1.82, 2.24) is 0 Å². The molecule has 0 aromatic heterocycles. The first-order valence-corrected chi connectivity index (χ1v) is 4.58. The van der Waals surface area contributed by atoms with E-state index in [0.717, 1.165) is 0 Å². The Kier molecular flexibility index (Phi) is 1.67. The Balaban J connectivity index is 2.77. The molecule has 0 atom stereocenters. The fourth-order valence-corrected chi connectivity index (χ4v) is 2.02. The summed E-state index contributed by atoms with van der Waals surface area (Å²) < 4.78 is 53.5. The Labute approximate surface area is 87.4 Å². The number of rotatable bonds is 0. The molecule has 0 heterocycles. The lowest BCUT2D eigenvalue weighted by molar-refractivity contribution is 0.481. The van der Waals surface area contributed by atoms with Crippen molar-refractivity contribution in [3.8, 4) is 0 Å². The Hall–Kier alpha value is -1.84. The third-order valence-corrected chi connectivity index (χ3v) is 2.73. The molecule has 80 valence electrons. The van der Waals surface area contributed by atoms with Gasteiger partial charge in [-0.25, -0.2) is 17.6 Å². The summed E-state index contributed by atoms with van der Waals surface area (Å²) >= 11 is 0. The molecule has 4 heteroatoms. The quantitative estimate of drug-likeness (QED) is 0.400. The van der Waals surface area contributed by atoms with E-state index in [1.165, 1.54) is 12.1 Å². The van der Waals surface area contributed by atoms with Crippen LogP contribution in [0.4, 0.5) is 17.6 Å². The average Bonchev–Trinajstić information content (AvgIpc) is 2.28. The topological polar surface area (TPSA) is 0 Å². The number of halogens is 4. The molecule has 0 saturated carbocycles. The van der Waals surface area contributed by atoms with Gasteiger partial charge in [-0.3, -0.25) is 0 Å². The molecular formula is C12H4F4. The van der Waals surface area contributed by atoms with Crippen LogP contribution in [0.1, 0.15) is 0 Å². The molecule has 0 aliphatic rings. The molecule has 0 nitrogen and oxygen atoms in total. The van der Waals surface area contributed by atoms with Gasteiger partial charge in [0, 0.05) is 0 Å². The van der Waals surface area contributed by atoms with E-state index in [1.54, 1.807) is 12.1 Å². The molecule has 16 heavy (non-hydrogen) atoms. The summed E-state index contributed by atoms with van der Waals surface area (Å²) in [6.07, 6.45) is 0. The van der Waals surface area contributed by atoms with E-state index < -0.39 is 34.0 Å². The van der Waals surface area contributed by atoms with Gasteiger partial charge in [0.2, 0.25) is 0 Å². The van der Waals surface area contributed by atoms with Crippen LogP contribution in [0.15, 0.2) is 24.3 Å². The van der Waals surface area contributed by atoms with Gasteiger partial charge in [-0.1, -0.05) is 24.3 Å². The zero-order chi connectivity index (χ0) is 11.4. The van der Waals surface area contributed by atoms with Crippen LogP contribution >= 0.6 is 0 Å². The van der Waals surface area contributed by atoms with Gasteiger partial charge >= 0.3 is 0 Å². The van der Waals surface area contributed by atoms with E-state index in [-0.39, 0.29) is 10.8 Å². The molecule has 0 radical (unpaired) electrons. The van der Waals surface area contributed by atoms with E-state index in [2.05, 4.69) is 0 Å². The second-order valence-corrected chi connectivity index (χ2v) is 3.55. The summed E-state index contributed by atoms with van der Waals surface area (Å²) in [4.78, 5) is 0. The summed E-state index contributed by atoms with van der Waals surface area (Å²) in [6.45, 7) is 0. The predicted molar refractivity (Wildman–Crippen MR) is 52.5 cm³/mol. The number of benzene rings is 4. The maximum Gasteiger partial charge on any atom is 0.170 e. The minimum Gasteiger partial charge on any atom is -0.203 e. The molecule has 0 amide bonds. The molecule has 4 aromatic carbocycles. The van der Waals surface area contributed by atoms with Gasteiger partial charge in [0.1, 0.15) is 0 Å². The van der Waals surface area contributed by atoms with Crippen molar-refractivity contribution in [3.63, 3.8) is 0 Å². The summed E-state index contributed by atoms with van der Waals surface area (Å²) in [5.74, 6) is -5.31. The number of fused-ring (bicyclic) bond motifs is 2. The second-order valence-electron chi connectivity index (χ2n) is 3.55. The Morgan fingerprint density at radius 1 is 0.562 bits per heavy atom. The lowest BCUT2D eigenvalue weighted by Crippen LogP contribution is -2.01. The Bertz CT molecular complexity index is 610. The highest BCUT2D eigenvalue weighted by Gasteiger charge is 2.26. The lowest BCUT2D eigenvalue weighted by Gasteiger charge is -2.12. The van der Waals surface area contributed by atoms with Crippen molar-refractivity contribution in [2.24, 2.45) is 0 Å². The van der Waals surface area contributed by atoms with E-state index in [4.69, 9.17) is 0 Å². The summed E-state index contributed by atoms with van der Waals surface area (Å²) in [5, 5.41) is -0.869. The Morgan fingerprint density at radius 3 is 1.19 bits per heavy atom. The third-order valence-electron chi connectivity index (χ3n) is 2.73. The normalized spacial score (nSPS) is 11.8. The highest BCUT2D eigenvalue weighted by molar-refractivity contribution is 6.10. The summed E-state index contributed by atoms with van der Waals surface area (Å²) in [7, 11) is 0. The van der Waals surface area contributed by atoms with Crippen LogP contribution in [-0.4, -0.2) is 0 Å². The highest BCUT2D eigenvalue weighted by atomic mass is 19.2. The highest BCUT2D eigenvalue weighted by Crippen LogP contribution is 2.37. The molecular weight excluding hydrogens is 220 g/mol. The molecule has 0 unspecified atom stereocenters. The van der Waals surface area contributed by atoms with E-state index in [9.17, 15) is 17.6 Å². The summed E-state index contributed by atoms with van der Waals surface area (Å²) in [5.41, 5.74) is 0. The maximum absolute atomic E-state index is 13.4. The van der Waals surface area contributed by atoms with Crippen LogP contribution in [0.3, 0.4) is 0 Å². The molecule has 0 fully saturated rings. The average molecular weight is 224 g/mol. The van der Waals surface area contributed by atoms with Crippen molar-refractivity contribution < 1.29 is 17.6 Å². The van der Waals surface area contributed by atoms with Crippen LogP contribution in [0.2, 0.25) is 0 Å². The largest absolute Gasteiger partial charge is 0.203 e. The van der Waals surface area contributed by atoms with Crippen LogP contribution in [0, 0.1) is 23.3 Å². The van der Waals surface area contributed by atoms with E-state index in [1.807, 2.05) is 0 Å². The summed E-state index contributed by atoms with van der Waals surface area (Å²) in [6, 6.07) is 5.98. The molecule has 0 saturated heterocycles. The van der Waals surface area contributed by atoms with Crippen molar-refractivity contribution in [1.29, 1.82) is 0 Å². The first kappa shape index (κ1) is 9.39. The molecule has 4 aromatic rings. The molecule has 4 rings (SSSR count). The minimum absolute atomic E-state index is 0.190. The van der Waals surface area contributed by atoms with Crippen LogP contribution in [0.25, 0.3) is 21.5 Å². The van der Waals surface area contributed by atoms with Crippen LogP contribution < -0.4 is 0 Å². The molecule has 0 aliphatic heterocycles. The van der Waals surface area contributed by atoms with Crippen molar-refractivity contribution >= 4 is 21.5 Å². The maximum atomic E-state index is 13.4. The van der Waals surface area contributed by atoms with Crippen molar-refractivity contribution in [2.45, 2.75) is 0 Å². The van der Waals surface area contributed by atoms with Gasteiger partial charge < -0.3 is 0 Å². The number of hydrogen-bond donors (Lipinski definition) is 0. The van der Waals surface area contributed by atoms with Crippen molar-refractivity contribution in [2.75, 3.05) is 0 Å². The second kappa shape index (κ2) is 2.84. The van der Waals surface area contributed by atoms with E-state index >= 15 is 0 Å². The first-order chi connectivity index (χ1) is 7.63. The minimum atomic E-state index is -1.33. The van der Waals surface area contributed by atoms with E-state index in [0.29, 0.717) is 0 Å². The first-order valence-electron chi connectivity index (χ1n) is 4.58. The van der Waals surface area contributed by atoms with Crippen LogP contribution in [-0.2, 0) is 0 Å². The zero-order valence-corrected chi connectivity index (χ0v) is 7.82. The third kappa shape index (κ3) is 0.894. The standard InChI is InChI=1S/C12H4F4/c13-9-7-5-3-1-2-4-6(5)8(11(9)15)12(16)10(7)14/h1-4H. The molecule has 0 spiro atoms. The molecule has 0 aliphatic carbocycles. The predicted octanol–water partition coefficient (Wildman–Crippen LogP) is 3.99. The van der Waals surface area contributed by atoms with Gasteiger partial charge in [-0.05, 0) is 10.8 Å². The smallest absolute Gasteiger partial charge is 0.170 e. The van der Waals surface area contributed by atoms with Crippen LogP contribution in [0.5, 0.6) is 0 Å². The van der Waals surface area contributed by atoms with Gasteiger partial charge in [0.25, 0.3) is 0 Å². The number of hydrogen-bond acceptors (Lipinski definition) is 0. The van der Waals surface area contributed by atoms with Gasteiger partial charge in [0.15, 0.2) is 23.3 Å². The monoisotopic (exact) mass is 224 g/mol. The fraction of sp³-hybridized carbons (Fsp3) is 0. The molecule has 2 bridgehead atoms. The zero-order valence-electron chi connectivity index (χ0n) is 7.82. The SMILES string of the molecule is Fc1c(F)c2c(F)c(F)c1c1ccccc21. The van der Waals surface area contributed by atoms with Gasteiger partial charge in [-0.15, -0.1) is 0 Å². The Morgan fingerprint density at radius 2 is 0.875 bits per heavy atom. The van der Waals surface area contributed by atoms with Crippen molar-refractivity contribution in [3.05, 3.63) is 47.5 Å². The molecule has 0 N–H and O–H groups in total.